The zero-order chi connectivity index (χ0) is 25.1. The summed E-state index contributed by atoms with van der Waals surface area (Å²) in [7, 11) is 4.01. The summed E-state index contributed by atoms with van der Waals surface area (Å²) in [5.74, 6) is 0.554. The van der Waals surface area contributed by atoms with Crippen molar-refractivity contribution in [1.29, 1.82) is 0 Å². The highest BCUT2D eigenvalue weighted by atomic mass is 16.5. The van der Waals surface area contributed by atoms with Gasteiger partial charge in [0.25, 0.3) is 0 Å². The quantitative estimate of drug-likeness (QED) is 0.562. The Morgan fingerprint density at radius 1 is 1.14 bits per heavy atom. The largest absolute Gasteiger partial charge is 0.473 e. The number of rotatable bonds is 6. The Bertz CT molecular complexity index is 1190. The molecule has 1 atom stereocenters. The summed E-state index contributed by atoms with van der Waals surface area (Å²) in [6.07, 6.45) is 5.64. The van der Waals surface area contributed by atoms with Crippen LogP contribution in [-0.4, -0.2) is 83.5 Å². The number of benzene rings is 1. The van der Waals surface area contributed by atoms with Crippen molar-refractivity contribution < 1.29 is 19.4 Å². The lowest BCUT2D eigenvalue weighted by Gasteiger charge is -2.36. The van der Waals surface area contributed by atoms with E-state index in [1.807, 2.05) is 54.2 Å². The first-order valence-electron chi connectivity index (χ1n) is 12.6. The molecule has 2 aliphatic rings. The molecule has 1 aliphatic carbocycles. The standard InChI is InChI=1S/C27H33N5O4/c1-31(2)20-7-3-18(4-8-20)23-15-24-25(29-12-11-28-24)26(30-23)36-17-22-16-32(13-14-35-22)27(34)19-5-9-21(33)10-6-19/h3-4,7-8,11-12,15,19,21-22,33H,5-6,9-10,13-14,16-17H2,1-2H3/t19-,21+,22-/m0/s1. The lowest BCUT2D eigenvalue weighted by molar-refractivity contribution is -0.145. The molecule has 0 bridgehead atoms. The molecule has 1 N–H and O–H groups in total. The smallest absolute Gasteiger partial charge is 0.242 e. The van der Waals surface area contributed by atoms with Gasteiger partial charge in [0.05, 0.1) is 30.5 Å². The van der Waals surface area contributed by atoms with Gasteiger partial charge in [-0.15, -0.1) is 0 Å². The number of aliphatic hydroxyl groups is 1. The van der Waals surface area contributed by atoms with Crippen molar-refractivity contribution in [3.63, 3.8) is 0 Å². The van der Waals surface area contributed by atoms with Crippen LogP contribution >= 0.6 is 0 Å². The number of hydrogen-bond acceptors (Lipinski definition) is 8. The number of hydrogen-bond donors (Lipinski definition) is 1. The molecule has 1 saturated carbocycles. The van der Waals surface area contributed by atoms with E-state index in [-0.39, 0.29) is 30.6 Å². The summed E-state index contributed by atoms with van der Waals surface area (Å²) in [5.41, 5.74) is 4.12. The molecule has 3 aromatic rings. The number of aliphatic hydroxyl groups excluding tert-OH is 1. The van der Waals surface area contributed by atoms with E-state index in [0.29, 0.717) is 49.5 Å². The molecule has 2 fully saturated rings. The van der Waals surface area contributed by atoms with Crippen LogP contribution in [0.3, 0.4) is 0 Å². The Hall–Kier alpha value is -3.30. The number of anilines is 1. The molecule has 9 nitrogen and oxygen atoms in total. The highest BCUT2D eigenvalue weighted by Gasteiger charge is 2.32. The number of ether oxygens (including phenoxy) is 2. The van der Waals surface area contributed by atoms with Gasteiger partial charge in [-0.1, -0.05) is 12.1 Å². The molecule has 36 heavy (non-hydrogen) atoms. The summed E-state index contributed by atoms with van der Waals surface area (Å²) >= 11 is 0. The Morgan fingerprint density at radius 3 is 2.64 bits per heavy atom. The van der Waals surface area contributed by atoms with Crippen LogP contribution in [0.15, 0.2) is 42.7 Å². The molecule has 0 radical (unpaired) electrons. The maximum atomic E-state index is 13.0. The van der Waals surface area contributed by atoms with Crippen molar-refractivity contribution in [2.24, 2.45) is 5.92 Å². The van der Waals surface area contributed by atoms with Crippen molar-refractivity contribution in [3.05, 3.63) is 42.7 Å². The minimum absolute atomic E-state index is 0.00970. The summed E-state index contributed by atoms with van der Waals surface area (Å²) in [4.78, 5) is 30.6. The maximum absolute atomic E-state index is 13.0. The molecule has 2 aromatic heterocycles. The van der Waals surface area contributed by atoms with E-state index in [9.17, 15) is 9.90 Å². The van der Waals surface area contributed by atoms with E-state index in [1.165, 1.54) is 0 Å². The molecule has 1 aromatic carbocycles. The first-order chi connectivity index (χ1) is 17.5. The Labute approximate surface area is 211 Å². The third kappa shape index (κ3) is 5.42. The second-order valence-electron chi connectivity index (χ2n) is 9.77. The topological polar surface area (TPSA) is 101 Å². The number of aromatic nitrogens is 3. The van der Waals surface area contributed by atoms with Gasteiger partial charge in [0, 0.05) is 50.2 Å². The van der Waals surface area contributed by atoms with Crippen LogP contribution < -0.4 is 9.64 Å². The molecule has 190 valence electrons. The SMILES string of the molecule is CN(C)c1ccc(-c2cc3nccnc3c(OC[C@@H]3CN(C(=O)[C@H]4CC[C@@H](O)CC4)CCO3)n2)cc1. The van der Waals surface area contributed by atoms with Crippen LogP contribution in [0.4, 0.5) is 5.69 Å². The predicted octanol–water partition coefficient (Wildman–Crippen LogP) is 2.92. The molecule has 3 heterocycles. The van der Waals surface area contributed by atoms with Gasteiger partial charge in [-0.05, 0) is 43.9 Å². The number of nitrogens with zero attached hydrogens (tertiary/aromatic N) is 5. The third-order valence-corrected chi connectivity index (χ3v) is 7.01. The van der Waals surface area contributed by atoms with Gasteiger partial charge >= 0.3 is 0 Å². The average Bonchev–Trinajstić information content (AvgIpc) is 2.92. The number of pyridine rings is 1. The number of carbonyl (C=O) groups excluding carboxylic acids is 1. The van der Waals surface area contributed by atoms with Gasteiger partial charge in [-0.25, -0.2) is 9.97 Å². The summed E-state index contributed by atoms with van der Waals surface area (Å²) < 4.78 is 12.1. The summed E-state index contributed by atoms with van der Waals surface area (Å²) in [6.45, 7) is 1.79. The van der Waals surface area contributed by atoms with E-state index in [0.717, 1.165) is 29.8 Å². The molecule has 1 aliphatic heterocycles. The normalized spacial score (nSPS) is 22.4. The molecule has 1 amide bonds. The molecular formula is C27H33N5O4. The zero-order valence-corrected chi connectivity index (χ0v) is 20.8. The molecule has 0 spiro atoms. The molecule has 1 saturated heterocycles. The minimum Gasteiger partial charge on any atom is -0.473 e. The van der Waals surface area contributed by atoms with Crippen molar-refractivity contribution in [2.75, 3.05) is 45.3 Å². The number of fused-ring (bicyclic) bond motifs is 1. The Kier molecular flexibility index (Phi) is 7.29. The molecule has 5 rings (SSSR count). The number of amides is 1. The second-order valence-corrected chi connectivity index (χ2v) is 9.77. The van der Waals surface area contributed by atoms with E-state index >= 15 is 0 Å². The Morgan fingerprint density at radius 2 is 1.89 bits per heavy atom. The van der Waals surface area contributed by atoms with Crippen molar-refractivity contribution >= 4 is 22.6 Å². The average molecular weight is 492 g/mol. The lowest BCUT2D eigenvalue weighted by atomic mass is 9.86. The number of morpholine rings is 1. The van der Waals surface area contributed by atoms with Crippen molar-refractivity contribution in [2.45, 2.75) is 37.9 Å². The van der Waals surface area contributed by atoms with Crippen LogP contribution in [0, 0.1) is 5.92 Å². The van der Waals surface area contributed by atoms with Gasteiger partial charge in [0.2, 0.25) is 11.8 Å². The highest BCUT2D eigenvalue weighted by molar-refractivity contribution is 5.83. The van der Waals surface area contributed by atoms with Crippen LogP contribution in [0.2, 0.25) is 0 Å². The van der Waals surface area contributed by atoms with E-state index in [4.69, 9.17) is 14.5 Å². The van der Waals surface area contributed by atoms with Gasteiger partial charge in [0.1, 0.15) is 12.7 Å². The van der Waals surface area contributed by atoms with Crippen LogP contribution in [0.5, 0.6) is 5.88 Å². The van der Waals surface area contributed by atoms with Gasteiger partial charge < -0.3 is 24.4 Å². The van der Waals surface area contributed by atoms with Crippen LogP contribution in [0.1, 0.15) is 25.7 Å². The Balaban J connectivity index is 1.30. The summed E-state index contributed by atoms with van der Waals surface area (Å²) in [5, 5.41) is 9.76. The number of carbonyl (C=O) groups is 1. The van der Waals surface area contributed by atoms with Crippen LogP contribution in [-0.2, 0) is 9.53 Å². The van der Waals surface area contributed by atoms with Crippen molar-refractivity contribution in [3.8, 4) is 17.1 Å². The van der Waals surface area contributed by atoms with E-state index < -0.39 is 0 Å². The zero-order valence-electron chi connectivity index (χ0n) is 20.8. The minimum atomic E-state index is -0.271. The fourth-order valence-corrected chi connectivity index (χ4v) is 4.90. The van der Waals surface area contributed by atoms with Gasteiger partial charge in [-0.2, -0.15) is 0 Å². The second kappa shape index (κ2) is 10.8. The highest BCUT2D eigenvalue weighted by Crippen LogP contribution is 2.29. The van der Waals surface area contributed by atoms with Gasteiger partial charge in [-0.3, -0.25) is 9.78 Å². The van der Waals surface area contributed by atoms with Crippen LogP contribution in [0.25, 0.3) is 22.3 Å². The maximum Gasteiger partial charge on any atom is 0.242 e. The fourth-order valence-electron chi connectivity index (χ4n) is 4.90. The predicted molar refractivity (Wildman–Crippen MR) is 137 cm³/mol. The van der Waals surface area contributed by atoms with Crippen molar-refractivity contribution in [1.82, 2.24) is 19.9 Å². The first kappa shape index (κ1) is 24.4. The molecule has 0 unspecified atom stereocenters. The first-order valence-corrected chi connectivity index (χ1v) is 12.6. The molecule has 9 heteroatoms. The monoisotopic (exact) mass is 491 g/mol. The molecular weight excluding hydrogens is 458 g/mol. The van der Waals surface area contributed by atoms with Gasteiger partial charge in [0.15, 0.2) is 5.52 Å². The lowest BCUT2D eigenvalue weighted by Crippen LogP contribution is -2.50. The van der Waals surface area contributed by atoms with E-state index in [2.05, 4.69) is 9.97 Å². The van der Waals surface area contributed by atoms with E-state index in [1.54, 1.807) is 12.4 Å². The third-order valence-electron chi connectivity index (χ3n) is 7.01. The fraction of sp³-hybridized carbons (Fsp3) is 0.481. The summed E-state index contributed by atoms with van der Waals surface area (Å²) in [6, 6.07) is 10.1.